The van der Waals surface area contributed by atoms with Gasteiger partial charge in [0.05, 0.1) is 19.3 Å². The molecule has 6 heteroatoms. The van der Waals surface area contributed by atoms with E-state index in [4.69, 9.17) is 10.5 Å². The number of hydrogen-bond donors (Lipinski definition) is 1. The molecule has 1 aliphatic rings. The second-order valence-corrected chi connectivity index (χ2v) is 7.72. The largest absolute Gasteiger partial charge is 0.495 e. The fourth-order valence-electron chi connectivity index (χ4n) is 4.12. The third kappa shape index (κ3) is 5.83. The van der Waals surface area contributed by atoms with Gasteiger partial charge in [0, 0.05) is 19.0 Å². The number of nitrogens with zero attached hydrogens (tertiary/aromatic N) is 2. The number of anilines is 1. The molecule has 2 aromatic rings. The smallest absolute Gasteiger partial charge is 0.241 e. The van der Waals surface area contributed by atoms with Gasteiger partial charge < -0.3 is 15.4 Å². The van der Waals surface area contributed by atoms with Crippen LogP contribution in [0.3, 0.4) is 0 Å². The molecular formula is C24H31N3O3. The lowest BCUT2D eigenvalue weighted by molar-refractivity contribution is -0.120. The zero-order valence-electron chi connectivity index (χ0n) is 17.6. The van der Waals surface area contributed by atoms with Gasteiger partial charge in [-0.15, -0.1) is 0 Å². The first-order chi connectivity index (χ1) is 14.6. The summed E-state index contributed by atoms with van der Waals surface area (Å²) in [6.45, 7) is 1.49. The van der Waals surface area contributed by atoms with Gasteiger partial charge in [-0.2, -0.15) is 0 Å². The molecule has 0 saturated carbocycles. The van der Waals surface area contributed by atoms with Gasteiger partial charge in [0.25, 0.3) is 0 Å². The second-order valence-electron chi connectivity index (χ2n) is 7.72. The molecule has 0 spiro atoms. The number of rotatable bonds is 10. The van der Waals surface area contributed by atoms with E-state index < -0.39 is 5.91 Å². The Morgan fingerprint density at radius 3 is 2.60 bits per heavy atom. The lowest BCUT2D eigenvalue weighted by Crippen LogP contribution is -2.43. The monoisotopic (exact) mass is 409 g/mol. The van der Waals surface area contributed by atoms with Crippen LogP contribution in [0, 0.1) is 0 Å². The molecule has 1 saturated heterocycles. The molecule has 1 heterocycles. The highest BCUT2D eigenvalue weighted by Crippen LogP contribution is 2.29. The summed E-state index contributed by atoms with van der Waals surface area (Å²) in [5, 5.41) is 0. The quantitative estimate of drug-likeness (QED) is 0.655. The number of aryl methyl sites for hydroxylation is 1. The number of methoxy groups -OCH3 is 1. The third-order valence-electron chi connectivity index (χ3n) is 5.71. The summed E-state index contributed by atoms with van der Waals surface area (Å²) in [5.74, 6) is 0.148. The maximum absolute atomic E-state index is 13.3. The molecule has 2 amide bonds. The minimum absolute atomic E-state index is 0.0349. The zero-order chi connectivity index (χ0) is 21.3. The van der Waals surface area contributed by atoms with Crippen molar-refractivity contribution in [3.05, 3.63) is 60.2 Å². The van der Waals surface area contributed by atoms with E-state index in [0.717, 1.165) is 32.2 Å². The van der Waals surface area contributed by atoms with Crippen LogP contribution in [-0.2, 0) is 16.0 Å². The van der Waals surface area contributed by atoms with Crippen molar-refractivity contribution < 1.29 is 14.3 Å². The molecule has 3 rings (SSSR count). The van der Waals surface area contributed by atoms with Crippen molar-refractivity contribution in [3.63, 3.8) is 0 Å². The summed E-state index contributed by atoms with van der Waals surface area (Å²) < 4.78 is 5.44. The van der Waals surface area contributed by atoms with Crippen molar-refractivity contribution in [3.8, 4) is 5.75 Å². The van der Waals surface area contributed by atoms with E-state index in [1.165, 1.54) is 5.56 Å². The Kier molecular flexibility index (Phi) is 7.85. The van der Waals surface area contributed by atoms with Crippen molar-refractivity contribution in [1.82, 2.24) is 4.90 Å². The van der Waals surface area contributed by atoms with Gasteiger partial charge in [-0.05, 0) is 49.9 Å². The van der Waals surface area contributed by atoms with E-state index >= 15 is 0 Å². The van der Waals surface area contributed by atoms with E-state index in [9.17, 15) is 9.59 Å². The summed E-state index contributed by atoms with van der Waals surface area (Å²) in [6.07, 6.45) is 4.36. The number of benzene rings is 2. The molecular weight excluding hydrogens is 378 g/mol. The average molecular weight is 410 g/mol. The third-order valence-corrected chi connectivity index (χ3v) is 5.71. The van der Waals surface area contributed by atoms with Crippen LogP contribution in [0.4, 0.5) is 5.69 Å². The van der Waals surface area contributed by atoms with Crippen molar-refractivity contribution in [1.29, 1.82) is 0 Å². The number of hydrogen-bond acceptors (Lipinski definition) is 4. The molecule has 0 aliphatic carbocycles. The van der Waals surface area contributed by atoms with Crippen LogP contribution in [0.15, 0.2) is 54.6 Å². The van der Waals surface area contributed by atoms with E-state index in [1.54, 1.807) is 12.0 Å². The fraction of sp³-hybridized carbons (Fsp3) is 0.417. The van der Waals surface area contributed by atoms with E-state index in [2.05, 4.69) is 29.2 Å². The maximum Gasteiger partial charge on any atom is 0.241 e. The average Bonchev–Trinajstić information content (AvgIpc) is 3.20. The summed E-state index contributed by atoms with van der Waals surface area (Å²) in [4.78, 5) is 28.6. The van der Waals surface area contributed by atoms with Crippen LogP contribution >= 0.6 is 0 Å². The van der Waals surface area contributed by atoms with Crippen LogP contribution in [0.1, 0.15) is 31.2 Å². The summed E-state index contributed by atoms with van der Waals surface area (Å²) in [5.41, 5.74) is 7.35. The Hall–Kier alpha value is -2.86. The number of para-hydroxylation sites is 2. The first kappa shape index (κ1) is 21.8. The lowest BCUT2D eigenvalue weighted by Gasteiger charge is -2.29. The number of amides is 2. The van der Waals surface area contributed by atoms with Gasteiger partial charge in [0.2, 0.25) is 11.8 Å². The predicted molar refractivity (Wildman–Crippen MR) is 119 cm³/mol. The van der Waals surface area contributed by atoms with Crippen LogP contribution in [-0.4, -0.2) is 49.5 Å². The summed E-state index contributed by atoms with van der Waals surface area (Å²) >= 11 is 0. The molecule has 1 atom stereocenters. The maximum atomic E-state index is 13.3. The molecule has 1 aliphatic heterocycles. The Labute approximate surface area is 178 Å². The van der Waals surface area contributed by atoms with Crippen molar-refractivity contribution in [2.45, 2.75) is 38.1 Å². The van der Waals surface area contributed by atoms with Gasteiger partial charge in [0.1, 0.15) is 5.75 Å². The molecule has 160 valence electrons. The van der Waals surface area contributed by atoms with Gasteiger partial charge in [0.15, 0.2) is 0 Å². The highest BCUT2D eigenvalue weighted by molar-refractivity contribution is 5.96. The molecule has 2 aromatic carbocycles. The minimum atomic E-state index is -0.426. The van der Waals surface area contributed by atoms with Crippen LogP contribution in [0.2, 0.25) is 0 Å². The molecule has 30 heavy (non-hydrogen) atoms. The number of carbonyl (C=O) groups excluding carboxylic acids is 2. The Bertz CT molecular complexity index is 841. The van der Waals surface area contributed by atoms with Crippen molar-refractivity contribution in [2.75, 3.05) is 31.6 Å². The molecule has 1 fully saturated rings. The van der Waals surface area contributed by atoms with Crippen molar-refractivity contribution >= 4 is 17.5 Å². The number of ether oxygens (including phenoxy) is 1. The first-order valence-electron chi connectivity index (χ1n) is 10.6. The Balaban J connectivity index is 1.68. The van der Waals surface area contributed by atoms with Crippen molar-refractivity contribution in [2.24, 2.45) is 5.73 Å². The molecule has 6 nitrogen and oxygen atoms in total. The van der Waals surface area contributed by atoms with E-state index in [1.807, 2.05) is 30.3 Å². The normalized spacial score (nSPS) is 16.4. The fourth-order valence-corrected chi connectivity index (χ4v) is 4.12. The Morgan fingerprint density at radius 1 is 1.13 bits per heavy atom. The number of carbonyl (C=O) groups is 2. The van der Waals surface area contributed by atoms with Gasteiger partial charge in [-0.3, -0.25) is 14.5 Å². The van der Waals surface area contributed by atoms with Crippen LogP contribution < -0.4 is 15.4 Å². The highest BCUT2D eigenvalue weighted by atomic mass is 16.5. The molecule has 0 aromatic heterocycles. The second kappa shape index (κ2) is 10.8. The van der Waals surface area contributed by atoms with Gasteiger partial charge >= 0.3 is 0 Å². The van der Waals surface area contributed by atoms with Crippen LogP contribution in [0.25, 0.3) is 0 Å². The molecule has 2 N–H and O–H groups in total. The Morgan fingerprint density at radius 2 is 1.87 bits per heavy atom. The number of likely N-dealkylation sites (tertiary alicyclic amines) is 1. The molecule has 0 unspecified atom stereocenters. The molecule has 0 radical (unpaired) electrons. The SMILES string of the molecule is COc1ccccc1N(CCC(N)=O)C(=O)CN1CCC[C@H]1CCc1ccccc1. The topological polar surface area (TPSA) is 75.9 Å². The number of primary amides is 1. The summed E-state index contributed by atoms with van der Waals surface area (Å²) in [7, 11) is 1.58. The highest BCUT2D eigenvalue weighted by Gasteiger charge is 2.29. The number of nitrogens with two attached hydrogens (primary N) is 1. The van der Waals surface area contributed by atoms with Gasteiger partial charge in [-0.1, -0.05) is 42.5 Å². The zero-order valence-corrected chi connectivity index (χ0v) is 17.6. The summed E-state index contributed by atoms with van der Waals surface area (Å²) in [6, 6.07) is 18.2. The van der Waals surface area contributed by atoms with E-state index in [0.29, 0.717) is 24.0 Å². The standard InChI is InChI=1S/C24H31N3O3/c1-30-22-12-6-5-11-21(22)27(17-15-23(25)28)24(29)18-26-16-7-10-20(26)14-13-19-8-3-2-4-9-19/h2-6,8-9,11-12,20H,7,10,13-18H2,1H3,(H2,25,28)/t20-/m0/s1. The lowest BCUT2D eigenvalue weighted by atomic mass is 10.0. The minimum Gasteiger partial charge on any atom is -0.495 e. The van der Waals surface area contributed by atoms with E-state index in [-0.39, 0.29) is 18.9 Å². The van der Waals surface area contributed by atoms with Gasteiger partial charge in [-0.25, -0.2) is 0 Å². The van der Waals surface area contributed by atoms with Crippen LogP contribution in [0.5, 0.6) is 5.75 Å². The molecule has 0 bridgehead atoms. The first-order valence-corrected chi connectivity index (χ1v) is 10.6. The predicted octanol–water partition coefficient (Wildman–Crippen LogP) is 3.00.